The van der Waals surface area contributed by atoms with Gasteiger partial charge in [-0.2, -0.15) is 0 Å². The molecule has 1 aliphatic carbocycles. The van der Waals surface area contributed by atoms with Crippen molar-refractivity contribution in [1.29, 1.82) is 0 Å². The number of nitrogens with two attached hydrogens (primary N) is 2. The average Bonchev–Trinajstić information content (AvgIpc) is 2.61. The third-order valence-corrected chi connectivity index (χ3v) is 4.95. The maximum atomic E-state index is 12.0. The zero-order valence-corrected chi connectivity index (χ0v) is 17.4. The van der Waals surface area contributed by atoms with E-state index in [1.54, 1.807) is 20.2 Å². The van der Waals surface area contributed by atoms with E-state index in [4.69, 9.17) is 21.1 Å². The molecule has 0 saturated heterocycles. The summed E-state index contributed by atoms with van der Waals surface area (Å²) in [5.41, 5.74) is 8.46. The van der Waals surface area contributed by atoms with Gasteiger partial charge >= 0.3 is 6.09 Å². The van der Waals surface area contributed by atoms with Gasteiger partial charge in [0.15, 0.2) is 0 Å². The summed E-state index contributed by atoms with van der Waals surface area (Å²) in [6.45, 7) is 5.19. The molecule has 0 unspecified atom stereocenters. The predicted octanol–water partition coefficient (Wildman–Crippen LogP) is 2.48. The van der Waals surface area contributed by atoms with Crippen molar-refractivity contribution in [3.63, 3.8) is 0 Å². The van der Waals surface area contributed by atoms with Gasteiger partial charge in [-0.15, -0.1) is 0 Å². The summed E-state index contributed by atoms with van der Waals surface area (Å²) in [6, 6.07) is 3.67. The van der Waals surface area contributed by atoms with Gasteiger partial charge in [0.2, 0.25) is 0 Å². The quantitative estimate of drug-likeness (QED) is 0.492. The monoisotopic (exact) mass is 391 g/mol. The molecule has 1 aromatic heterocycles. The molecular formula is C20H33N5O3. The first-order chi connectivity index (χ1) is 13.3. The number of rotatable bonds is 9. The van der Waals surface area contributed by atoms with Gasteiger partial charge in [0.1, 0.15) is 12.4 Å². The standard InChI is InChI=1S/C20H33N5O3/c1-5-11-24(3)20(26)28-13-17(25(4)22)19(21)16-9-10-18(14(2)23-16)27-12-15-7-6-8-15/h9-10,15H,5-8,11-13,21-22H2,1-4H3/b19-17-. The smallest absolute Gasteiger partial charge is 0.409 e. The van der Waals surface area contributed by atoms with Crippen LogP contribution in [0, 0.1) is 12.8 Å². The van der Waals surface area contributed by atoms with Gasteiger partial charge in [-0.3, -0.25) is 0 Å². The lowest BCUT2D eigenvalue weighted by Crippen LogP contribution is -2.34. The van der Waals surface area contributed by atoms with E-state index < -0.39 is 6.09 Å². The number of likely N-dealkylation sites (N-methyl/N-ethyl adjacent to an activating group) is 1. The summed E-state index contributed by atoms with van der Waals surface area (Å²) in [5.74, 6) is 7.32. The lowest BCUT2D eigenvalue weighted by Gasteiger charge is -2.25. The molecule has 1 aromatic rings. The lowest BCUT2D eigenvalue weighted by molar-refractivity contribution is 0.113. The highest BCUT2D eigenvalue weighted by Gasteiger charge is 2.19. The van der Waals surface area contributed by atoms with Crippen LogP contribution >= 0.6 is 0 Å². The van der Waals surface area contributed by atoms with Gasteiger partial charge in [-0.05, 0) is 44.2 Å². The highest BCUT2D eigenvalue weighted by Crippen LogP contribution is 2.28. The van der Waals surface area contributed by atoms with Gasteiger partial charge in [-0.25, -0.2) is 15.6 Å². The lowest BCUT2D eigenvalue weighted by atomic mass is 9.86. The molecule has 0 atom stereocenters. The minimum absolute atomic E-state index is 0.0353. The van der Waals surface area contributed by atoms with Crippen LogP contribution in [-0.2, 0) is 4.74 Å². The zero-order chi connectivity index (χ0) is 20.7. The Morgan fingerprint density at radius 1 is 1.32 bits per heavy atom. The van der Waals surface area contributed by atoms with E-state index in [0.29, 0.717) is 29.6 Å². The van der Waals surface area contributed by atoms with E-state index in [2.05, 4.69) is 4.98 Å². The van der Waals surface area contributed by atoms with Crippen LogP contribution in [0.1, 0.15) is 44.0 Å². The molecule has 0 aromatic carbocycles. The third kappa shape index (κ3) is 5.76. The van der Waals surface area contributed by atoms with E-state index in [0.717, 1.165) is 24.5 Å². The van der Waals surface area contributed by atoms with Crippen LogP contribution in [0.15, 0.2) is 17.8 Å². The van der Waals surface area contributed by atoms with Gasteiger partial charge < -0.3 is 25.1 Å². The molecule has 1 amide bonds. The molecule has 0 aliphatic heterocycles. The van der Waals surface area contributed by atoms with E-state index in [-0.39, 0.29) is 6.61 Å². The van der Waals surface area contributed by atoms with Gasteiger partial charge in [0.25, 0.3) is 0 Å². The second kappa shape index (κ2) is 10.2. The molecule has 1 heterocycles. The van der Waals surface area contributed by atoms with Crippen molar-refractivity contribution in [2.75, 3.05) is 33.9 Å². The molecule has 156 valence electrons. The van der Waals surface area contributed by atoms with Crippen molar-refractivity contribution in [3.05, 3.63) is 29.2 Å². The Balaban J connectivity index is 2.08. The van der Waals surface area contributed by atoms with Crippen LogP contribution < -0.4 is 16.3 Å². The number of carbonyl (C=O) groups excluding carboxylic acids is 1. The van der Waals surface area contributed by atoms with Crippen molar-refractivity contribution in [2.45, 2.75) is 39.5 Å². The number of aryl methyl sites for hydroxylation is 1. The molecule has 8 heteroatoms. The highest BCUT2D eigenvalue weighted by molar-refractivity contribution is 5.68. The molecular weight excluding hydrogens is 358 g/mol. The van der Waals surface area contributed by atoms with Crippen molar-refractivity contribution in [1.82, 2.24) is 14.9 Å². The molecule has 0 spiro atoms. The second-order valence-electron chi connectivity index (χ2n) is 7.34. The molecule has 0 radical (unpaired) electrons. The summed E-state index contributed by atoms with van der Waals surface area (Å²) in [5, 5.41) is 1.35. The average molecular weight is 392 g/mol. The van der Waals surface area contributed by atoms with E-state index >= 15 is 0 Å². The maximum absolute atomic E-state index is 12.0. The Bertz CT molecular complexity index is 701. The van der Waals surface area contributed by atoms with Crippen LogP contribution in [0.25, 0.3) is 5.70 Å². The molecule has 2 rings (SSSR count). The van der Waals surface area contributed by atoms with Crippen molar-refractivity contribution < 1.29 is 14.3 Å². The SMILES string of the molecule is CCCN(C)C(=O)OC/C(=C(/N)c1ccc(OCC2CCC2)c(C)n1)N(C)N. The third-order valence-electron chi connectivity index (χ3n) is 4.95. The van der Waals surface area contributed by atoms with Crippen LogP contribution in [0.4, 0.5) is 4.79 Å². The fourth-order valence-corrected chi connectivity index (χ4v) is 2.90. The normalized spacial score (nSPS) is 14.8. The number of hydrazine groups is 1. The van der Waals surface area contributed by atoms with Crippen LogP contribution in [-0.4, -0.2) is 54.8 Å². The maximum Gasteiger partial charge on any atom is 0.409 e. The number of nitrogens with zero attached hydrogens (tertiary/aromatic N) is 3. The Morgan fingerprint density at radius 3 is 2.57 bits per heavy atom. The first-order valence-corrected chi connectivity index (χ1v) is 9.79. The second-order valence-corrected chi connectivity index (χ2v) is 7.34. The molecule has 1 saturated carbocycles. The largest absolute Gasteiger partial charge is 0.491 e. The van der Waals surface area contributed by atoms with Crippen molar-refractivity contribution >= 4 is 11.8 Å². The van der Waals surface area contributed by atoms with Gasteiger partial charge in [-0.1, -0.05) is 13.3 Å². The predicted molar refractivity (Wildman–Crippen MR) is 109 cm³/mol. The number of carbonyl (C=O) groups is 1. The molecule has 28 heavy (non-hydrogen) atoms. The number of aromatic nitrogens is 1. The Labute approximate surface area is 167 Å². The minimum Gasteiger partial charge on any atom is -0.491 e. The molecule has 1 aliphatic rings. The number of hydrogen-bond acceptors (Lipinski definition) is 7. The highest BCUT2D eigenvalue weighted by atomic mass is 16.6. The molecule has 0 bridgehead atoms. The molecule has 8 nitrogen and oxygen atoms in total. The zero-order valence-electron chi connectivity index (χ0n) is 17.4. The van der Waals surface area contributed by atoms with E-state index in [1.165, 1.54) is 29.2 Å². The Morgan fingerprint density at radius 2 is 2.04 bits per heavy atom. The number of ether oxygens (including phenoxy) is 2. The minimum atomic E-state index is -0.419. The fourth-order valence-electron chi connectivity index (χ4n) is 2.90. The van der Waals surface area contributed by atoms with Crippen LogP contribution in [0.3, 0.4) is 0 Å². The van der Waals surface area contributed by atoms with Crippen LogP contribution in [0.5, 0.6) is 5.75 Å². The Hall–Kier alpha value is -2.48. The first-order valence-electron chi connectivity index (χ1n) is 9.79. The molecule has 4 N–H and O–H groups in total. The van der Waals surface area contributed by atoms with E-state index in [9.17, 15) is 4.79 Å². The summed E-state index contributed by atoms with van der Waals surface area (Å²) < 4.78 is 11.2. The number of amides is 1. The number of pyridine rings is 1. The first kappa shape index (κ1) is 21.8. The summed E-state index contributed by atoms with van der Waals surface area (Å²) in [7, 11) is 3.34. The summed E-state index contributed by atoms with van der Waals surface area (Å²) in [6.07, 6.45) is 4.19. The van der Waals surface area contributed by atoms with Crippen LogP contribution in [0.2, 0.25) is 0 Å². The summed E-state index contributed by atoms with van der Waals surface area (Å²) in [4.78, 5) is 18.1. The van der Waals surface area contributed by atoms with Gasteiger partial charge in [0.05, 0.1) is 29.4 Å². The number of hydrogen-bond donors (Lipinski definition) is 2. The topological polar surface area (TPSA) is 107 Å². The van der Waals surface area contributed by atoms with Gasteiger partial charge in [0, 0.05) is 20.6 Å². The summed E-state index contributed by atoms with van der Waals surface area (Å²) >= 11 is 0. The van der Waals surface area contributed by atoms with Crippen molar-refractivity contribution in [2.24, 2.45) is 17.5 Å². The molecule has 1 fully saturated rings. The van der Waals surface area contributed by atoms with E-state index in [1.807, 2.05) is 19.9 Å². The fraction of sp³-hybridized carbons (Fsp3) is 0.600. The van der Waals surface area contributed by atoms with Crippen molar-refractivity contribution in [3.8, 4) is 5.75 Å². The Kier molecular flexibility index (Phi) is 7.92.